The lowest BCUT2D eigenvalue weighted by molar-refractivity contribution is -0.384. The standard InChI is InChI=1S/C12H10N2O3/c15-14(16)11-5-3-10(4-6-11)8-13-9-12-2-1-7-17-12/h1-8H,9H2. The molecule has 0 spiro atoms. The van der Waals surface area contributed by atoms with Gasteiger partial charge in [-0.2, -0.15) is 0 Å². The first-order valence-corrected chi connectivity index (χ1v) is 5.02. The molecule has 5 nitrogen and oxygen atoms in total. The molecule has 0 N–H and O–H groups in total. The molecular formula is C12H10N2O3. The lowest BCUT2D eigenvalue weighted by atomic mass is 10.2. The van der Waals surface area contributed by atoms with Crippen molar-refractivity contribution in [3.63, 3.8) is 0 Å². The topological polar surface area (TPSA) is 68.6 Å². The zero-order valence-corrected chi connectivity index (χ0v) is 8.95. The van der Waals surface area contributed by atoms with E-state index in [1.165, 1.54) is 12.1 Å². The number of nitro groups is 1. The number of benzene rings is 1. The van der Waals surface area contributed by atoms with Crippen molar-refractivity contribution in [2.45, 2.75) is 6.54 Å². The Labute approximate surface area is 97.6 Å². The SMILES string of the molecule is O=[N+]([O-])c1ccc(C=NCc2ccco2)cc1. The maximum atomic E-state index is 10.4. The molecule has 1 aromatic carbocycles. The van der Waals surface area contributed by atoms with Crippen LogP contribution < -0.4 is 0 Å². The third kappa shape index (κ3) is 3.01. The van der Waals surface area contributed by atoms with Crippen LogP contribution in [0.2, 0.25) is 0 Å². The third-order valence-electron chi connectivity index (χ3n) is 2.17. The van der Waals surface area contributed by atoms with Gasteiger partial charge >= 0.3 is 0 Å². The highest BCUT2D eigenvalue weighted by Gasteiger charge is 2.02. The zero-order valence-electron chi connectivity index (χ0n) is 8.95. The van der Waals surface area contributed by atoms with Gasteiger partial charge in [0.05, 0.1) is 17.7 Å². The Kier molecular flexibility index (Phi) is 3.30. The molecule has 0 bridgehead atoms. The van der Waals surface area contributed by atoms with Crippen LogP contribution in [0.3, 0.4) is 0 Å². The molecule has 1 heterocycles. The number of hydrogen-bond donors (Lipinski definition) is 0. The smallest absolute Gasteiger partial charge is 0.269 e. The van der Waals surface area contributed by atoms with Gasteiger partial charge in [0.1, 0.15) is 5.76 Å². The molecule has 5 heteroatoms. The number of nitro benzene ring substituents is 1. The van der Waals surface area contributed by atoms with E-state index in [1.54, 1.807) is 30.7 Å². The highest BCUT2D eigenvalue weighted by atomic mass is 16.6. The van der Waals surface area contributed by atoms with Crippen LogP contribution >= 0.6 is 0 Å². The van der Waals surface area contributed by atoms with Gasteiger partial charge < -0.3 is 4.42 Å². The van der Waals surface area contributed by atoms with Crippen molar-refractivity contribution in [3.05, 3.63) is 64.1 Å². The maximum absolute atomic E-state index is 10.4. The molecule has 0 radical (unpaired) electrons. The molecule has 0 aliphatic rings. The van der Waals surface area contributed by atoms with Crippen LogP contribution in [0.5, 0.6) is 0 Å². The Balaban J connectivity index is 1.99. The van der Waals surface area contributed by atoms with Gasteiger partial charge in [-0.15, -0.1) is 0 Å². The first-order chi connectivity index (χ1) is 8.25. The predicted molar refractivity (Wildman–Crippen MR) is 63.1 cm³/mol. The summed E-state index contributed by atoms with van der Waals surface area (Å²) in [4.78, 5) is 14.2. The molecule has 0 saturated heterocycles. The molecule has 0 aliphatic heterocycles. The summed E-state index contributed by atoms with van der Waals surface area (Å²) in [5.41, 5.74) is 0.898. The van der Waals surface area contributed by atoms with Crippen molar-refractivity contribution in [2.24, 2.45) is 4.99 Å². The van der Waals surface area contributed by atoms with Gasteiger partial charge in [-0.25, -0.2) is 0 Å². The molecule has 0 unspecified atom stereocenters. The Morgan fingerprint density at radius 3 is 2.65 bits per heavy atom. The molecular weight excluding hydrogens is 220 g/mol. The van der Waals surface area contributed by atoms with Gasteiger partial charge in [0.15, 0.2) is 0 Å². The predicted octanol–water partition coefficient (Wildman–Crippen LogP) is 2.81. The van der Waals surface area contributed by atoms with Crippen LogP contribution in [0.25, 0.3) is 0 Å². The summed E-state index contributed by atoms with van der Waals surface area (Å²) in [5, 5.41) is 10.4. The van der Waals surface area contributed by atoms with E-state index in [1.807, 2.05) is 6.07 Å². The average molecular weight is 230 g/mol. The summed E-state index contributed by atoms with van der Waals surface area (Å²) < 4.78 is 5.12. The first kappa shape index (κ1) is 11.1. The molecule has 1 aromatic heterocycles. The summed E-state index contributed by atoms with van der Waals surface area (Å²) in [6.07, 6.45) is 3.25. The molecule has 0 atom stereocenters. The molecule has 17 heavy (non-hydrogen) atoms. The second kappa shape index (κ2) is 5.07. The average Bonchev–Trinajstić information content (AvgIpc) is 2.83. The second-order valence-electron chi connectivity index (χ2n) is 3.40. The van der Waals surface area contributed by atoms with Crippen molar-refractivity contribution >= 4 is 11.9 Å². The Morgan fingerprint density at radius 1 is 1.29 bits per heavy atom. The summed E-state index contributed by atoms with van der Waals surface area (Å²) in [7, 11) is 0. The molecule has 0 amide bonds. The van der Waals surface area contributed by atoms with Crippen LogP contribution in [0.15, 0.2) is 52.1 Å². The number of aliphatic imine (C=N–C) groups is 1. The van der Waals surface area contributed by atoms with Crippen LogP contribution in [0.1, 0.15) is 11.3 Å². The third-order valence-corrected chi connectivity index (χ3v) is 2.17. The minimum atomic E-state index is -0.427. The van der Waals surface area contributed by atoms with Crippen molar-refractivity contribution < 1.29 is 9.34 Å². The van der Waals surface area contributed by atoms with Crippen LogP contribution in [-0.4, -0.2) is 11.1 Å². The molecule has 0 aliphatic carbocycles. The minimum absolute atomic E-state index is 0.0770. The molecule has 2 rings (SSSR count). The molecule has 86 valence electrons. The molecule has 0 fully saturated rings. The van der Waals surface area contributed by atoms with Crippen LogP contribution in [0.4, 0.5) is 5.69 Å². The monoisotopic (exact) mass is 230 g/mol. The van der Waals surface area contributed by atoms with Crippen LogP contribution in [-0.2, 0) is 6.54 Å². The van der Waals surface area contributed by atoms with E-state index in [9.17, 15) is 10.1 Å². The first-order valence-electron chi connectivity index (χ1n) is 5.02. The van der Waals surface area contributed by atoms with E-state index < -0.39 is 4.92 Å². The van der Waals surface area contributed by atoms with E-state index >= 15 is 0 Å². The van der Waals surface area contributed by atoms with Crippen molar-refractivity contribution in [2.75, 3.05) is 0 Å². The fourth-order valence-corrected chi connectivity index (χ4v) is 1.33. The van der Waals surface area contributed by atoms with E-state index in [0.717, 1.165) is 11.3 Å². The highest BCUT2D eigenvalue weighted by molar-refractivity contribution is 5.79. The van der Waals surface area contributed by atoms with Gasteiger partial charge in [0.2, 0.25) is 0 Å². The lowest BCUT2D eigenvalue weighted by Crippen LogP contribution is -1.88. The molecule has 0 saturated carbocycles. The van der Waals surface area contributed by atoms with Gasteiger partial charge in [-0.3, -0.25) is 15.1 Å². The zero-order chi connectivity index (χ0) is 12.1. The minimum Gasteiger partial charge on any atom is -0.467 e. The van der Waals surface area contributed by atoms with Gasteiger partial charge in [0.25, 0.3) is 5.69 Å². The quantitative estimate of drug-likeness (QED) is 0.460. The molecule has 2 aromatic rings. The fraction of sp³-hybridized carbons (Fsp3) is 0.0833. The second-order valence-corrected chi connectivity index (χ2v) is 3.40. The number of hydrogen-bond acceptors (Lipinski definition) is 4. The van der Waals surface area contributed by atoms with E-state index in [2.05, 4.69) is 4.99 Å². The Morgan fingerprint density at radius 2 is 2.06 bits per heavy atom. The number of rotatable bonds is 4. The normalized spacial score (nSPS) is 10.8. The van der Waals surface area contributed by atoms with Crippen molar-refractivity contribution in [1.29, 1.82) is 0 Å². The van der Waals surface area contributed by atoms with Gasteiger partial charge in [-0.05, 0) is 29.8 Å². The summed E-state index contributed by atoms with van der Waals surface area (Å²) in [6.45, 7) is 0.462. The number of nitrogens with zero attached hydrogens (tertiary/aromatic N) is 2. The van der Waals surface area contributed by atoms with Gasteiger partial charge in [0, 0.05) is 18.3 Å². The summed E-state index contributed by atoms with van der Waals surface area (Å²) >= 11 is 0. The van der Waals surface area contributed by atoms with Gasteiger partial charge in [-0.1, -0.05) is 0 Å². The summed E-state index contributed by atoms with van der Waals surface area (Å²) in [5.74, 6) is 0.781. The van der Waals surface area contributed by atoms with Crippen molar-refractivity contribution in [3.8, 4) is 0 Å². The Bertz CT molecular complexity index is 515. The van der Waals surface area contributed by atoms with E-state index in [0.29, 0.717) is 6.54 Å². The van der Waals surface area contributed by atoms with Crippen LogP contribution in [0, 0.1) is 10.1 Å². The van der Waals surface area contributed by atoms with Crippen molar-refractivity contribution in [1.82, 2.24) is 0 Å². The number of non-ortho nitro benzene ring substituents is 1. The largest absolute Gasteiger partial charge is 0.467 e. The van der Waals surface area contributed by atoms with E-state index in [4.69, 9.17) is 4.42 Å². The lowest BCUT2D eigenvalue weighted by Gasteiger charge is -1.93. The fourth-order valence-electron chi connectivity index (χ4n) is 1.33. The summed E-state index contributed by atoms with van der Waals surface area (Å²) in [6, 6.07) is 9.86. The maximum Gasteiger partial charge on any atom is 0.269 e. The van der Waals surface area contributed by atoms with E-state index in [-0.39, 0.29) is 5.69 Å². The Hall–Kier alpha value is -2.43. The number of furan rings is 1. The highest BCUT2D eigenvalue weighted by Crippen LogP contribution is 2.10.